The van der Waals surface area contributed by atoms with Crippen molar-refractivity contribution in [1.82, 2.24) is 19.1 Å². The standard InChI is InChI=1S/C56H36N4/c1-2-15-38(16-3-1)50-36-51(42-29-28-37-14-4-5-17-39(37)32-42)58-56(57-50)43-19-12-18-40(33-43)41-30-31-55-49(34-41)48-24-8-11-27-54(48)60(55)45-21-13-20-44(35-45)59-52-25-9-6-22-46(52)47-23-7-10-26-53(47)59/h1-36H. The van der Waals surface area contributed by atoms with Gasteiger partial charge in [0.15, 0.2) is 5.82 Å². The van der Waals surface area contributed by atoms with Crippen LogP contribution in [0.4, 0.5) is 0 Å². The second-order valence-corrected chi connectivity index (χ2v) is 15.4. The maximum absolute atomic E-state index is 5.21. The summed E-state index contributed by atoms with van der Waals surface area (Å²) in [5.74, 6) is 0.696. The van der Waals surface area contributed by atoms with Crippen LogP contribution in [0.15, 0.2) is 218 Å². The van der Waals surface area contributed by atoms with E-state index in [0.29, 0.717) is 5.82 Å². The molecule has 0 radical (unpaired) electrons. The molecule has 0 bridgehead atoms. The quantitative estimate of drug-likeness (QED) is 0.169. The Bertz CT molecular complexity index is 3560. The third-order valence-electron chi connectivity index (χ3n) is 11.9. The molecule has 0 aliphatic carbocycles. The number of aromatic nitrogens is 4. The van der Waals surface area contributed by atoms with Gasteiger partial charge in [-0.05, 0) is 88.6 Å². The van der Waals surface area contributed by atoms with Crippen LogP contribution in [0.3, 0.4) is 0 Å². The lowest BCUT2D eigenvalue weighted by molar-refractivity contribution is 1.13. The molecule has 4 nitrogen and oxygen atoms in total. The predicted octanol–water partition coefficient (Wildman–Crippen LogP) is 14.5. The van der Waals surface area contributed by atoms with Crippen LogP contribution >= 0.6 is 0 Å². The van der Waals surface area contributed by atoms with Crippen molar-refractivity contribution in [2.24, 2.45) is 0 Å². The Morgan fingerprint density at radius 3 is 1.47 bits per heavy atom. The molecule has 0 saturated carbocycles. The van der Waals surface area contributed by atoms with Gasteiger partial charge in [0.05, 0.1) is 33.5 Å². The molecule has 0 unspecified atom stereocenters. The predicted molar refractivity (Wildman–Crippen MR) is 250 cm³/mol. The zero-order valence-corrected chi connectivity index (χ0v) is 32.6. The molecule has 0 N–H and O–H groups in total. The van der Waals surface area contributed by atoms with Crippen molar-refractivity contribution in [1.29, 1.82) is 0 Å². The summed E-state index contributed by atoms with van der Waals surface area (Å²) in [5.41, 5.74) is 14.1. The van der Waals surface area contributed by atoms with E-state index in [1.807, 2.05) is 6.07 Å². The van der Waals surface area contributed by atoms with Crippen molar-refractivity contribution in [2.45, 2.75) is 0 Å². The summed E-state index contributed by atoms with van der Waals surface area (Å²) in [6.45, 7) is 0. The van der Waals surface area contributed by atoms with Gasteiger partial charge in [-0.2, -0.15) is 0 Å². The highest BCUT2D eigenvalue weighted by molar-refractivity contribution is 6.11. The van der Waals surface area contributed by atoms with Crippen LogP contribution in [0.1, 0.15) is 0 Å². The topological polar surface area (TPSA) is 35.6 Å². The average molecular weight is 765 g/mol. The van der Waals surface area contributed by atoms with E-state index >= 15 is 0 Å². The largest absolute Gasteiger partial charge is 0.309 e. The lowest BCUT2D eigenvalue weighted by Crippen LogP contribution is -1.98. The number of fused-ring (bicyclic) bond motifs is 7. The first-order valence-electron chi connectivity index (χ1n) is 20.4. The molecule has 0 amide bonds. The molecule has 0 aliphatic heterocycles. The van der Waals surface area contributed by atoms with Gasteiger partial charge in [-0.3, -0.25) is 0 Å². The Balaban J connectivity index is 0.974. The summed E-state index contributed by atoms with van der Waals surface area (Å²) in [5, 5.41) is 7.33. The summed E-state index contributed by atoms with van der Waals surface area (Å²) < 4.78 is 4.79. The summed E-state index contributed by atoms with van der Waals surface area (Å²) in [6.07, 6.45) is 0. The number of benzene rings is 9. The molecular weight excluding hydrogens is 729 g/mol. The van der Waals surface area contributed by atoms with Gasteiger partial charge in [0.2, 0.25) is 0 Å². The van der Waals surface area contributed by atoms with Crippen LogP contribution in [-0.2, 0) is 0 Å². The number of nitrogens with zero attached hydrogens (tertiary/aromatic N) is 4. The van der Waals surface area contributed by atoms with Crippen molar-refractivity contribution in [3.05, 3.63) is 218 Å². The fourth-order valence-electron chi connectivity index (χ4n) is 9.07. The van der Waals surface area contributed by atoms with Crippen molar-refractivity contribution in [2.75, 3.05) is 0 Å². The SMILES string of the molecule is c1ccc(-c2cc(-c3ccc4ccccc4c3)nc(-c3cccc(-c4ccc5c(c4)c4ccccc4n5-c4cccc(-n5c6ccccc6c6ccccc65)c4)c3)n2)cc1. The zero-order chi connectivity index (χ0) is 39.6. The number of hydrogen-bond acceptors (Lipinski definition) is 2. The van der Waals surface area contributed by atoms with Crippen molar-refractivity contribution < 1.29 is 0 Å². The average Bonchev–Trinajstić information content (AvgIpc) is 3.84. The molecular formula is C56H36N4. The fourth-order valence-corrected chi connectivity index (χ4v) is 9.07. The molecule has 9 aromatic carbocycles. The molecule has 0 fully saturated rings. The molecule has 0 atom stereocenters. The minimum atomic E-state index is 0.696. The van der Waals surface area contributed by atoms with Crippen molar-refractivity contribution in [3.8, 4) is 56.4 Å². The van der Waals surface area contributed by atoms with E-state index in [0.717, 1.165) is 56.1 Å². The van der Waals surface area contributed by atoms with Crippen molar-refractivity contribution in [3.63, 3.8) is 0 Å². The minimum absolute atomic E-state index is 0.696. The Morgan fingerprint density at radius 2 is 0.767 bits per heavy atom. The first-order valence-corrected chi connectivity index (χ1v) is 20.4. The van der Waals surface area contributed by atoms with E-state index in [9.17, 15) is 0 Å². The lowest BCUT2D eigenvalue weighted by atomic mass is 10.00. The number of hydrogen-bond donors (Lipinski definition) is 0. The zero-order valence-electron chi connectivity index (χ0n) is 32.6. The Morgan fingerprint density at radius 1 is 0.267 bits per heavy atom. The second-order valence-electron chi connectivity index (χ2n) is 15.4. The first-order chi connectivity index (χ1) is 29.7. The molecule has 0 aliphatic rings. The maximum Gasteiger partial charge on any atom is 0.160 e. The molecule has 12 rings (SSSR count). The van der Waals surface area contributed by atoms with Gasteiger partial charge < -0.3 is 9.13 Å². The summed E-state index contributed by atoms with van der Waals surface area (Å²) >= 11 is 0. The highest BCUT2D eigenvalue weighted by Crippen LogP contribution is 2.38. The highest BCUT2D eigenvalue weighted by atomic mass is 15.0. The Kier molecular flexibility index (Phi) is 7.82. The van der Waals surface area contributed by atoms with Gasteiger partial charge in [-0.15, -0.1) is 0 Å². The van der Waals surface area contributed by atoms with Gasteiger partial charge in [0.25, 0.3) is 0 Å². The van der Waals surface area contributed by atoms with E-state index in [1.54, 1.807) is 0 Å². The first kappa shape index (κ1) is 34.0. The second kappa shape index (κ2) is 13.8. The lowest BCUT2D eigenvalue weighted by Gasteiger charge is -2.13. The Labute approximate surface area is 346 Å². The normalized spacial score (nSPS) is 11.7. The van der Waals surface area contributed by atoms with E-state index in [-0.39, 0.29) is 0 Å². The smallest absolute Gasteiger partial charge is 0.160 e. The number of para-hydroxylation sites is 3. The third-order valence-corrected chi connectivity index (χ3v) is 11.9. The summed E-state index contributed by atoms with van der Waals surface area (Å²) in [4.78, 5) is 10.4. The van der Waals surface area contributed by atoms with Crippen LogP contribution in [-0.4, -0.2) is 19.1 Å². The van der Waals surface area contributed by atoms with Crippen LogP contribution in [0.2, 0.25) is 0 Å². The van der Waals surface area contributed by atoms with Gasteiger partial charge in [-0.25, -0.2) is 9.97 Å². The molecule has 3 aromatic heterocycles. The van der Waals surface area contributed by atoms with Gasteiger partial charge >= 0.3 is 0 Å². The maximum atomic E-state index is 5.21. The van der Waals surface area contributed by atoms with Crippen LogP contribution in [0.25, 0.3) is 111 Å². The van der Waals surface area contributed by atoms with E-state index in [4.69, 9.17) is 9.97 Å². The minimum Gasteiger partial charge on any atom is -0.309 e. The summed E-state index contributed by atoms with van der Waals surface area (Å²) in [6, 6.07) is 78.0. The molecule has 12 aromatic rings. The fraction of sp³-hybridized carbons (Fsp3) is 0. The van der Waals surface area contributed by atoms with Gasteiger partial charge in [-0.1, -0.05) is 152 Å². The molecule has 60 heavy (non-hydrogen) atoms. The van der Waals surface area contributed by atoms with Crippen molar-refractivity contribution >= 4 is 54.4 Å². The third kappa shape index (κ3) is 5.61. The van der Waals surface area contributed by atoms with E-state index in [2.05, 4.69) is 221 Å². The molecule has 0 spiro atoms. The monoisotopic (exact) mass is 764 g/mol. The number of rotatable bonds is 6. The molecule has 4 heteroatoms. The summed E-state index contributed by atoms with van der Waals surface area (Å²) in [7, 11) is 0. The van der Waals surface area contributed by atoms with E-state index < -0.39 is 0 Å². The van der Waals surface area contributed by atoms with E-state index in [1.165, 1.54) is 48.9 Å². The van der Waals surface area contributed by atoms with Gasteiger partial charge in [0, 0.05) is 49.6 Å². The van der Waals surface area contributed by atoms with Crippen LogP contribution < -0.4 is 0 Å². The highest BCUT2D eigenvalue weighted by Gasteiger charge is 2.17. The molecule has 0 saturated heterocycles. The molecule has 3 heterocycles. The van der Waals surface area contributed by atoms with Crippen LogP contribution in [0.5, 0.6) is 0 Å². The Hall–Kier alpha value is -8.08. The van der Waals surface area contributed by atoms with Gasteiger partial charge in [0.1, 0.15) is 0 Å². The molecule has 280 valence electrons. The van der Waals surface area contributed by atoms with Crippen LogP contribution in [0, 0.1) is 0 Å².